The first-order valence-electron chi connectivity index (χ1n) is 6.90. The summed E-state index contributed by atoms with van der Waals surface area (Å²) >= 11 is 0. The van der Waals surface area contributed by atoms with Gasteiger partial charge >= 0.3 is 18.2 Å². The van der Waals surface area contributed by atoms with Crippen molar-refractivity contribution in [3.63, 3.8) is 0 Å². The van der Waals surface area contributed by atoms with Crippen LogP contribution in [0.25, 0.3) is 0 Å². The number of rotatable bonds is 7. The number of methoxy groups -OCH3 is 1. The maximum atomic E-state index is 12.1. The lowest BCUT2D eigenvalue weighted by Crippen LogP contribution is -2.53. The van der Waals surface area contributed by atoms with Crippen molar-refractivity contribution in [2.45, 2.75) is 45.5 Å². The van der Waals surface area contributed by atoms with Crippen molar-refractivity contribution in [1.82, 2.24) is 10.6 Å². The minimum atomic E-state index is -4.65. The van der Waals surface area contributed by atoms with E-state index < -0.39 is 48.8 Å². The highest BCUT2D eigenvalue weighted by Crippen LogP contribution is 2.16. The molecule has 3 atom stereocenters. The summed E-state index contributed by atoms with van der Waals surface area (Å²) in [6, 6.07) is -2.29. The molecule has 0 aromatic heterocycles. The number of nitrogens with one attached hydrogen (secondary N) is 2. The maximum absolute atomic E-state index is 12.1. The van der Waals surface area contributed by atoms with Gasteiger partial charge in [0.1, 0.15) is 12.1 Å². The highest BCUT2D eigenvalue weighted by Gasteiger charge is 2.34. The lowest BCUT2D eigenvalue weighted by Gasteiger charge is -2.24. The van der Waals surface area contributed by atoms with E-state index in [1.165, 1.54) is 6.92 Å². The van der Waals surface area contributed by atoms with Gasteiger partial charge in [-0.2, -0.15) is 13.2 Å². The van der Waals surface area contributed by atoms with Crippen LogP contribution in [0.1, 0.15) is 27.2 Å². The minimum absolute atomic E-state index is 0.422. The fourth-order valence-corrected chi connectivity index (χ4v) is 1.49. The van der Waals surface area contributed by atoms with Gasteiger partial charge < -0.3 is 20.1 Å². The van der Waals surface area contributed by atoms with Crippen molar-refractivity contribution in [2.24, 2.45) is 5.92 Å². The van der Waals surface area contributed by atoms with E-state index in [-0.39, 0.29) is 0 Å². The first-order valence-corrected chi connectivity index (χ1v) is 6.90. The number of carbonyl (C=O) groups is 3. The average molecular weight is 342 g/mol. The summed E-state index contributed by atoms with van der Waals surface area (Å²) in [6.07, 6.45) is -5.09. The third kappa shape index (κ3) is 8.27. The summed E-state index contributed by atoms with van der Waals surface area (Å²) in [7, 11) is 1.11. The summed E-state index contributed by atoms with van der Waals surface area (Å²) < 4.78 is 44.8. The molecule has 3 unspecified atom stereocenters. The summed E-state index contributed by atoms with van der Waals surface area (Å²) in [4.78, 5) is 34.7. The smallest absolute Gasteiger partial charge is 0.422 e. The Morgan fingerprint density at radius 2 is 1.70 bits per heavy atom. The molecule has 7 nitrogen and oxygen atoms in total. The summed E-state index contributed by atoms with van der Waals surface area (Å²) in [5.41, 5.74) is 0. The van der Waals surface area contributed by atoms with Gasteiger partial charge in [-0.3, -0.25) is 4.79 Å². The number of ether oxygens (including phenoxy) is 2. The van der Waals surface area contributed by atoms with Gasteiger partial charge in [0.2, 0.25) is 5.91 Å². The second kappa shape index (κ2) is 9.21. The predicted octanol–water partition coefficient (Wildman–Crippen LogP) is 1.37. The normalized spacial score (nSPS) is 15.1. The molecule has 0 saturated heterocycles. The van der Waals surface area contributed by atoms with Gasteiger partial charge in [-0.05, 0) is 12.8 Å². The largest absolute Gasteiger partial charge is 0.454 e. The molecule has 23 heavy (non-hydrogen) atoms. The van der Waals surface area contributed by atoms with Gasteiger partial charge in [-0.1, -0.05) is 20.3 Å². The van der Waals surface area contributed by atoms with Crippen LogP contribution in [0.15, 0.2) is 0 Å². The molecule has 0 radical (unpaired) electrons. The number of hydrogen-bond donors (Lipinski definition) is 2. The Balaban J connectivity index is 4.82. The van der Waals surface area contributed by atoms with Crippen LogP contribution in [0.4, 0.5) is 18.0 Å². The summed E-state index contributed by atoms with van der Waals surface area (Å²) in [5, 5.41) is 4.46. The Morgan fingerprint density at radius 3 is 2.13 bits per heavy atom. The number of hydrogen-bond acceptors (Lipinski definition) is 5. The van der Waals surface area contributed by atoms with Crippen molar-refractivity contribution < 1.29 is 37.0 Å². The third-order valence-corrected chi connectivity index (χ3v) is 3.06. The zero-order chi connectivity index (χ0) is 18.2. The van der Waals surface area contributed by atoms with Gasteiger partial charge in [0.05, 0.1) is 7.11 Å². The van der Waals surface area contributed by atoms with Crippen LogP contribution < -0.4 is 10.6 Å². The summed E-state index contributed by atoms with van der Waals surface area (Å²) in [6.45, 7) is 2.89. The second-order valence-corrected chi connectivity index (χ2v) is 4.95. The van der Waals surface area contributed by atoms with Crippen molar-refractivity contribution in [3.8, 4) is 0 Å². The molecule has 2 N–H and O–H groups in total. The SMILES string of the molecule is CCC(C)C(NC(=O)C(C)NC(=O)OC)C(=O)OCC(F)(F)F. The van der Waals surface area contributed by atoms with Crippen LogP contribution in [-0.2, 0) is 19.1 Å². The van der Waals surface area contributed by atoms with Crippen LogP contribution >= 0.6 is 0 Å². The molecule has 0 aliphatic heterocycles. The van der Waals surface area contributed by atoms with Gasteiger partial charge in [0.25, 0.3) is 0 Å². The number of alkyl carbamates (subject to hydrolysis) is 1. The van der Waals surface area contributed by atoms with Gasteiger partial charge in [-0.15, -0.1) is 0 Å². The van der Waals surface area contributed by atoms with E-state index in [4.69, 9.17) is 0 Å². The summed E-state index contributed by atoms with van der Waals surface area (Å²) in [5.74, 6) is -2.38. The van der Waals surface area contributed by atoms with Crippen LogP contribution in [0.5, 0.6) is 0 Å². The molecule has 0 aliphatic carbocycles. The topological polar surface area (TPSA) is 93.7 Å². The zero-order valence-corrected chi connectivity index (χ0v) is 13.3. The molecule has 0 bridgehead atoms. The third-order valence-electron chi connectivity index (χ3n) is 3.06. The van der Waals surface area contributed by atoms with E-state index in [0.717, 1.165) is 7.11 Å². The zero-order valence-electron chi connectivity index (χ0n) is 13.3. The second-order valence-electron chi connectivity index (χ2n) is 4.95. The van der Waals surface area contributed by atoms with E-state index >= 15 is 0 Å². The molecule has 0 saturated carbocycles. The van der Waals surface area contributed by atoms with Gasteiger partial charge in [-0.25, -0.2) is 9.59 Å². The molecule has 0 heterocycles. The average Bonchev–Trinajstić information content (AvgIpc) is 2.48. The Bertz CT molecular complexity index is 428. The van der Waals surface area contributed by atoms with Crippen LogP contribution in [0.2, 0.25) is 0 Å². The molecule has 0 rings (SSSR count). The maximum Gasteiger partial charge on any atom is 0.422 e. The Labute approximate surface area is 131 Å². The van der Waals surface area contributed by atoms with E-state index in [0.29, 0.717) is 6.42 Å². The number of esters is 1. The van der Waals surface area contributed by atoms with Crippen LogP contribution in [-0.4, -0.2) is 49.9 Å². The first-order chi connectivity index (χ1) is 10.5. The molecular formula is C13H21F3N2O5. The quantitative estimate of drug-likeness (QED) is 0.682. The van der Waals surface area contributed by atoms with Crippen molar-refractivity contribution >= 4 is 18.0 Å². The molecular weight excluding hydrogens is 321 g/mol. The Morgan fingerprint density at radius 1 is 1.13 bits per heavy atom. The predicted molar refractivity (Wildman–Crippen MR) is 73.4 cm³/mol. The minimum Gasteiger partial charge on any atom is -0.454 e. The van der Waals surface area contributed by atoms with E-state index in [9.17, 15) is 27.6 Å². The lowest BCUT2D eigenvalue weighted by atomic mass is 9.99. The molecule has 0 aliphatic rings. The fraction of sp³-hybridized carbons (Fsp3) is 0.769. The molecule has 0 aromatic rings. The van der Waals surface area contributed by atoms with E-state index in [1.54, 1.807) is 13.8 Å². The molecule has 2 amide bonds. The molecule has 10 heteroatoms. The van der Waals surface area contributed by atoms with Gasteiger partial charge in [0.15, 0.2) is 6.61 Å². The Hall–Kier alpha value is -2.00. The first kappa shape index (κ1) is 21.0. The fourth-order valence-electron chi connectivity index (χ4n) is 1.49. The lowest BCUT2D eigenvalue weighted by molar-refractivity contribution is -0.188. The number of halogens is 3. The van der Waals surface area contributed by atoms with E-state index in [1.807, 2.05) is 0 Å². The highest BCUT2D eigenvalue weighted by atomic mass is 19.4. The standard InChI is InChI=1S/C13H21F3N2O5/c1-5-7(2)9(11(20)23-6-13(14,15)16)18-10(19)8(3)17-12(21)22-4/h7-9H,5-6H2,1-4H3,(H,17,21)(H,18,19). The molecule has 0 aromatic carbocycles. The Kier molecular flexibility index (Phi) is 8.41. The van der Waals surface area contributed by atoms with E-state index in [2.05, 4.69) is 20.1 Å². The molecule has 0 fully saturated rings. The number of amides is 2. The van der Waals surface area contributed by atoms with Crippen molar-refractivity contribution in [1.29, 1.82) is 0 Å². The van der Waals surface area contributed by atoms with Crippen molar-refractivity contribution in [2.75, 3.05) is 13.7 Å². The molecule has 134 valence electrons. The number of alkyl halides is 3. The van der Waals surface area contributed by atoms with Crippen molar-refractivity contribution in [3.05, 3.63) is 0 Å². The highest BCUT2D eigenvalue weighted by molar-refractivity contribution is 5.89. The monoisotopic (exact) mass is 342 g/mol. The van der Waals surface area contributed by atoms with Crippen LogP contribution in [0, 0.1) is 5.92 Å². The molecule has 0 spiro atoms. The van der Waals surface area contributed by atoms with Gasteiger partial charge in [0, 0.05) is 0 Å². The van der Waals surface area contributed by atoms with Crippen LogP contribution in [0.3, 0.4) is 0 Å². The number of carbonyl (C=O) groups excluding carboxylic acids is 3.